The number of nitrogens with one attached hydrogen (secondary N) is 1. The van der Waals surface area contributed by atoms with Crippen LogP contribution in [0.25, 0.3) is 28.2 Å². The number of aryl methyl sites for hydroxylation is 1. The molecule has 1 N–H and O–H groups in total. The Balaban J connectivity index is 1.46. The zero-order chi connectivity index (χ0) is 22.9. The number of pyridine rings is 1. The van der Waals surface area contributed by atoms with Gasteiger partial charge >= 0.3 is 0 Å². The molecule has 0 aliphatic heterocycles. The number of anilines is 1. The molecule has 1 aromatic carbocycles. The van der Waals surface area contributed by atoms with Gasteiger partial charge in [-0.25, -0.2) is 18.9 Å². The van der Waals surface area contributed by atoms with Crippen LogP contribution in [0.15, 0.2) is 67.0 Å². The van der Waals surface area contributed by atoms with E-state index in [0.29, 0.717) is 28.7 Å². The Kier molecular flexibility index (Phi) is 5.02. The van der Waals surface area contributed by atoms with Gasteiger partial charge in [0.15, 0.2) is 11.5 Å². The molecule has 0 radical (unpaired) electrons. The quantitative estimate of drug-likeness (QED) is 0.446. The highest BCUT2D eigenvalue weighted by Crippen LogP contribution is 2.30. The van der Waals surface area contributed by atoms with Crippen molar-refractivity contribution < 1.29 is 13.9 Å². The molecule has 164 valence electrons. The third-order valence-electron chi connectivity index (χ3n) is 4.95. The first-order valence-corrected chi connectivity index (χ1v) is 9.99. The van der Waals surface area contributed by atoms with E-state index in [4.69, 9.17) is 4.74 Å². The lowest BCUT2D eigenvalue weighted by molar-refractivity contribution is 0.102. The molecule has 5 rings (SSSR count). The number of halogens is 1. The largest absolute Gasteiger partial charge is 0.481 e. The number of rotatable bonds is 5. The molecule has 0 aliphatic carbocycles. The third kappa shape index (κ3) is 4.01. The first-order chi connectivity index (χ1) is 16.0. The standard InChI is InChI=1S/C23H18FN7O2/c1-30-12-16(22(29-30)14-6-8-15(24)9-7-14)17-10-11-20-26-19(13-31(20)28-17)27-23(32)18-4-3-5-21(25-18)33-2/h3-13H,1-2H3,(H,27,32). The Morgan fingerprint density at radius 2 is 1.82 bits per heavy atom. The summed E-state index contributed by atoms with van der Waals surface area (Å²) in [7, 11) is 3.30. The van der Waals surface area contributed by atoms with Crippen LogP contribution in [0.2, 0.25) is 0 Å². The summed E-state index contributed by atoms with van der Waals surface area (Å²) in [4.78, 5) is 21.1. The van der Waals surface area contributed by atoms with Crippen molar-refractivity contribution in [3.63, 3.8) is 0 Å². The van der Waals surface area contributed by atoms with Crippen LogP contribution in [0.5, 0.6) is 5.88 Å². The summed E-state index contributed by atoms with van der Waals surface area (Å²) in [6, 6.07) is 14.7. The van der Waals surface area contributed by atoms with Crippen molar-refractivity contribution in [2.45, 2.75) is 0 Å². The number of ether oxygens (including phenoxy) is 1. The molecule has 0 atom stereocenters. The molecule has 0 aliphatic rings. The summed E-state index contributed by atoms with van der Waals surface area (Å²) in [6.07, 6.45) is 3.46. The van der Waals surface area contributed by atoms with Gasteiger partial charge in [-0.3, -0.25) is 9.48 Å². The summed E-state index contributed by atoms with van der Waals surface area (Å²) in [5.41, 5.74) is 3.66. The Labute approximate surface area is 187 Å². The van der Waals surface area contributed by atoms with Gasteiger partial charge in [0.2, 0.25) is 5.88 Å². The fraction of sp³-hybridized carbons (Fsp3) is 0.0870. The average molecular weight is 443 g/mol. The Hall–Kier alpha value is -4.60. The van der Waals surface area contributed by atoms with Gasteiger partial charge in [-0.1, -0.05) is 6.07 Å². The smallest absolute Gasteiger partial charge is 0.275 e. The van der Waals surface area contributed by atoms with Crippen LogP contribution in [0.4, 0.5) is 10.2 Å². The lowest BCUT2D eigenvalue weighted by atomic mass is 10.1. The second-order valence-corrected chi connectivity index (χ2v) is 7.24. The molecule has 9 nitrogen and oxygen atoms in total. The molecule has 0 saturated carbocycles. The zero-order valence-electron chi connectivity index (χ0n) is 17.7. The minimum absolute atomic E-state index is 0.208. The minimum Gasteiger partial charge on any atom is -0.481 e. The molecule has 0 fully saturated rings. The highest BCUT2D eigenvalue weighted by atomic mass is 19.1. The van der Waals surface area contributed by atoms with Crippen molar-refractivity contribution in [3.05, 3.63) is 78.5 Å². The number of hydrogen-bond donors (Lipinski definition) is 1. The van der Waals surface area contributed by atoms with Crippen LogP contribution in [0.1, 0.15) is 10.5 Å². The van der Waals surface area contributed by atoms with Crippen LogP contribution in [0, 0.1) is 5.82 Å². The van der Waals surface area contributed by atoms with Gasteiger partial charge < -0.3 is 10.1 Å². The Morgan fingerprint density at radius 1 is 1.00 bits per heavy atom. The highest BCUT2D eigenvalue weighted by Gasteiger charge is 2.16. The molecule has 0 unspecified atom stereocenters. The van der Waals surface area contributed by atoms with Gasteiger partial charge in [0.1, 0.15) is 17.2 Å². The lowest BCUT2D eigenvalue weighted by Crippen LogP contribution is -2.14. The number of amides is 1. The Morgan fingerprint density at radius 3 is 2.61 bits per heavy atom. The van der Waals surface area contributed by atoms with Gasteiger partial charge in [-0.05, 0) is 42.5 Å². The van der Waals surface area contributed by atoms with Crippen molar-refractivity contribution in [3.8, 4) is 28.4 Å². The van der Waals surface area contributed by atoms with Crippen LogP contribution in [0.3, 0.4) is 0 Å². The van der Waals surface area contributed by atoms with Crippen molar-refractivity contribution in [1.29, 1.82) is 0 Å². The normalized spacial score (nSPS) is 11.0. The number of methoxy groups -OCH3 is 1. The van der Waals surface area contributed by atoms with E-state index in [9.17, 15) is 9.18 Å². The summed E-state index contributed by atoms with van der Waals surface area (Å²) in [6.45, 7) is 0. The molecular formula is C23H18FN7O2. The van der Waals surface area contributed by atoms with Crippen molar-refractivity contribution in [2.24, 2.45) is 7.05 Å². The maximum Gasteiger partial charge on any atom is 0.275 e. The van der Waals surface area contributed by atoms with Gasteiger partial charge in [-0.15, -0.1) is 0 Å². The maximum atomic E-state index is 13.4. The number of hydrogen-bond acceptors (Lipinski definition) is 6. The SMILES string of the molecule is COc1cccc(C(=O)Nc2cn3nc(-c4cn(C)nc4-c4ccc(F)cc4)ccc3n2)n1. The van der Waals surface area contributed by atoms with Crippen LogP contribution < -0.4 is 10.1 Å². The Bertz CT molecular complexity index is 1470. The second kappa shape index (κ2) is 8.15. The number of aromatic nitrogens is 6. The topological polar surface area (TPSA) is 99.2 Å². The van der Waals surface area contributed by atoms with E-state index in [2.05, 4.69) is 25.5 Å². The third-order valence-corrected chi connectivity index (χ3v) is 4.95. The number of carbonyl (C=O) groups excluding carboxylic acids is 1. The van der Waals surface area contributed by atoms with Gasteiger partial charge in [0.05, 0.1) is 19.0 Å². The molecule has 1 amide bonds. The molecule has 4 aromatic heterocycles. The van der Waals surface area contributed by atoms with Crippen molar-refractivity contribution in [1.82, 2.24) is 29.4 Å². The number of nitrogens with zero attached hydrogens (tertiary/aromatic N) is 6. The number of carbonyl (C=O) groups is 1. The van der Waals surface area contributed by atoms with Gasteiger partial charge in [-0.2, -0.15) is 10.2 Å². The lowest BCUT2D eigenvalue weighted by Gasteiger charge is -2.03. The average Bonchev–Trinajstić information content (AvgIpc) is 3.41. The summed E-state index contributed by atoms with van der Waals surface area (Å²) < 4.78 is 21.7. The summed E-state index contributed by atoms with van der Waals surface area (Å²) in [5.74, 6) is -0.0482. The fourth-order valence-corrected chi connectivity index (χ4v) is 3.42. The van der Waals surface area contributed by atoms with Gasteiger partial charge in [0, 0.05) is 30.4 Å². The summed E-state index contributed by atoms with van der Waals surface area (Å²) in [5, 5.41) is 11.9. The van der Waals surface area contributed by atoms with E-state index < -0.39 is 5.91 Å². The van der Waals surface area contributed by atoms with Gasteiger partial charge in [0.25, 0.3) is 5.91 Å². The number of benzene rings is 1. The van der Waals surface area contributed by atoms with Crippen LogP contribution in [-0.4, -0.2) is 42.4 Å². The minimum atomic E-state index is -0.414. The monoisotopic (exact) mass is 443 g/mol. The number of imidazole rings is 1. The van der Waals surface area contributed by atoms with E-state index in [1.54, 1.807) is 51.8 Å². The molecule has 33 heavy (non-hydrogen) atoms. The molecular weight excluding hydrogens is 425 g/mol. The van der Waals surface area contributed by atoms with E-state index in [-0.39, 0.29) is 11.5 Å². The van der Waals surface area contributed by atoms with Crippen molar-refractivity contribution >= 4 is 17.4 Å². The van der Waals surface area contributed by atoms with E-state index in [1.807, 2.05) is 19.3 Å². The molecule has 10 heteroatoms. The predicted molar refractivity (Wildman–Crippen MR) is 119 cm³/mol. The highest BCUT2D eigenvalue weighted by molar-refractivity contribution is 6.02. The predicted octanol–water partition coefficient (Wildman–Crippen LogP) is 3.59. The van der Waals surface area contributed by atoms with Crippen LogP contribution in [-0.2, 0) is 7.05 Å². The summed E-state index contributed by atoms with van der Waals surface area (Å²) >= 11 is 0. The second-order valence-electron chi connectivity index (χ2n) is 7.24. The van der Waals surface area contributed by atoms with E-state index in [0.717, 1.165) is 11.1 Å². The van der Waals surface area contributed by atoms with E-state index in [1.165, 1.54) is 19.2 Å². The molecule has 4 heterocycles. The zero-order valence-corrected chi connectivity index (χ0v) is 17.7. The fourth-order valence-electron chi connectivity index (χ4n) is 3.42. The molecule has 0 spiro atoms. The van der Waals surface area contributed by atoms with Crippen molar-refractivity contribution in [2.75, 3.05) is 12.4 Å². The maximum absolute atomic E-state index is 13.4. The van der Waals surface area contributed by atoms with E-state index >= 15 is 0 Å². The molecule has 5 aromatic rings. The van der Waals surface area contributed by atoms with Crippen LogP contribution >= 0.6 is 0 Å². The first kappa shape index (κ1) is 20.3. The first-order valence-electron chi connectivity index (χ1n) is 9.99. The number of fused-ring (bicyclic) bond motifs is 1. The molecule has 0 saturated heterocycles. The molecule has 0 bridgehead atoms.